The van der Waals surface area contributed by atoms with Crippen LogP contribution in [0.1, 0.15) is 24.4 Å². The molecule has 1 fully saturated rings. The highest BCUT2D eigenvalue weighted by atomic mass is 16.5. The maximum atomic E-state index is 12.2. The summed E-state index contributed by atoms with van der Waals surface area (Å²) in [5.41, 5.74) is 0.891. The molecule has 0 aromatic carbocycles. The summed E-state index contributed by atoms with van der Waals surface area (Å²) in [6, 6.07) is 5.40. The van der Waals surface area contributed by atoms with E-state index in [1.807, 2.05) is 24.8 Å². The van der Waals surface area contributed by atoms with Crippen molar-refractivity contribution in [3.8, 4) is 11.6 Å². The summed E-state index contributed by atoms with van der Waals surface area (Å²) in [6.45, 7) is 5.11. The number of piperidine rings is 1. The lowest BCUT2D eigenvalue weighted by atomic mass is 10.1. The van der Waals surface area contributed by atoms with E-state index >= 15 is 0 Å². The number of aromatic nitrogens is 3. The van der Waals surface area contributed by atoms with Crippen molar-refractivity contribution in [2.45, 2.75) is 32.8 Å². The maximum absolute atomic E-state index is 12.2. The molecule has 25 heavy (non-hydrogen) atoms. The van der Waals surface area contributed by atoms with Crippen molar-refractivity contribution in [1.29, 1.82) is 0 Å². The summed E-state index contributed by atoms with van der Waals surface area (Å²) in [5, 5.41) is 0. The fourth-order valence-electron chi connectivity index (χ4n) is 2.81. The molecule has 132 valence electrons. The predicted octanol–water partition coefficient (Wildman–Crippen LogP) is 1.94. The van der Waals surface area contributed by atoms with Gasteiger partial charge >= 0.3 is 0 Å². The molecule has 1 amide bonds. The van der Waals surface area contributed by atoms with E-state index in [2.05, 4.69) is 15.0 Å². The monoisotopic (exact) mass is 342 g/mol. The van der Waals surface area contributed by atoms with Gasteiger partial charge in [0, 0.05) is 43.9 Å². The number of pyridine rings is 1. The zero-order valence-electron chi connectivity index (χ0n) is 14.5. The fourth-order valence-corrected chi connectivity index (χ4v) is 2.81. The van der Waals surface area contributed by atoms with Crippen LogP contribution in [0, 0.1) is 13.8 Å². The van der Waals surface area contributed by atoms with Crippen LogP contribution in [0.5, 0.6) is 11.6 Å². The Bertz CT molecular complexity index is 695. The van der Waals surface area contributed by atoms with Crippen molar-refractivity contribution in [2.75, 3.05) is 19.7 Å². The van der Waals surface area contributed by atoms with E-state index in [9.17, 15) is 4.79 Å². The Labute approximate surface area is 147 Å². The molecule has 2 aromatic rings. The van der Waals surface area contributed by atoms with Crippen LogP contribution < -0.4 is 9.47 Å². The van der Waals surface area contributed by atoms with Gasteiger partial charge in [-0.25, -0.2) is 4.98 Å². The minimum Gasteiger partial charge on any atom is -0.482 e. The summed E-state index contributed by atoms with van der Waals surface area (Å²) in [5.74, 6) is 1.89. The predicted molar refractivity (Wildman–Crippen MR) is 91.5 cm³/mol. The molecule has 0 spiro atoms. The molecule has 1 aliphatic heterocycles. The summed E-state index contributed by atoms with van der Waals surface area (Å²) < 4.78 is 11.4. The highest BCUT2D eigenvalue weighted by molar-refractivity contribution is 5.77. The summed E-state index contributed by atoms with van der Waals surface area (Å²) in [6.07, 6.45) is 4.89. The molecule has 0 bridgehead atoms. The summed E-state index contributed by atoms with van der Waals surface area (Å²) in [4.78, 5) is 26.6. The van der Waals surface area contributed by atoms with E-state index in [1.54, 1.807) is 24.5 Å². The van der Waals surface area contributed by atoms with Gasteiger partial charge in [-0.3, -0.25) is 9.78 Å². The summed E-state index contributed by atoms with van der Waals surface area (Å²) in [7, 11) is 0. The molecule has 0 aliphatic carbocycles. The zero-order chi connectivity index (χ0) is 17.6. The second kappa shape index (κ2) is 7.92. The molecule has 7 heteroatoms. The van der Waals surface area contributed by atoms with E-state index in [0.717, 1.165) is 18.5 Å². The van der Waals surface area contributed by atoms with E-state index in [-0.39, 0.29) is 18.6 Å². The quantitative estimate of drug-likeness (QED) is 0.826. The van der Waals surface area contributed by atoms with Crippen LogP contribution in [0.3, 0.4) is 0 Å². The number of carbonyl (C=O) groups is 1. The van der Waals surface area contributed by atoms with Gasteiger partial charge in [0.15, 0.2) is 6.61 Å². The van der Waals surface area contributed by atoms with Crippen LogP contribution in [0.2, 0.25) is 0 Å². The van der Waals surface area contributed by atoms with Crippen LogP contribution in [-0.2, 0) is 4.79 Å². The SMILES string of the molecule is Cc1cc(OC2CCN(C(=O)COc3cccnc3)CC2)nc(C)n1. The number of likely N-dealkylation sites (tertiary alicyclic amines) is 1. The number of ether oxygens (including phenoxy) is 2. The number of hydrogen-bond acceptors (Lipinski definition) is 6. The Balaban J connectivity index is 1.45. The lowest BCUT2D eigenvalue weighted by molar-refractivity contribution is -0.135. The van der Waals surface area contributed by atoms with Crippen molar-refractivity contribution in [1.82, 2.24) is 19.9 Å². The molecule has 0 N–H and O–H groups in total. The Morgan fingerprint density at radius 1 is 1.28 bits per heavy atom. The van der Waals surface area contributed by atoms with Crippen LogP contribution in [0.4, 0.5) is 0 Å². The topological polar surface area (TPSA) is 77.4 Å². The average Bonchev–Trinajstić information content (AvgIpc) is 2.60. The second-order valence-corrected chi connectivity index (χ2v) is 6.07. The molecule has 0 radical (unpaired) electrons. The highest BCUT2D eigenvalue weighted by Gasteiger charge is 2.24. The van der Waals surface area contributed by atoms with Crippen LogP contribution in [-0.4, -0.2) is 51.6 Å². The number of nitrogens with zero attached hydrogens (tertiary/aromatic N) is 4. The van der Waals surface area contributed by atoms with Gasteiger partial charge in [-0.1, -0.05) is 0 Å². The first-order valence-electron chi connectivity index (χ1n) is 8.40. The standard InChI is InChI=1S/C18H22N4O3/c1-13-10-17(21-14(2)20-13)25-15-5-8-22(9-6-15)18(23)12-24-16-4-3-7-19-11-16/h3-4,7,10-11,15H,5-6,8-9,12H2,1-2H3. The van der Waals surface area contributed by atoms with Crippen LogP contribution >= 0.6 is 0 Å². The van der Waals surface area contributed by atoms with E-state index in [0.29, 0.717) is 30.5 Å². The van der Waals surface area contributed by atoms with Crippen molar-refractivity contribution in [2.24, 2.45) is 0 Å². The van der Waals surface area contributed by atoms with Crippen molar-refractivity contribution >= 4 is 5.91 Å². The molecule has 2 aromatic heterocycles. The van der Waals surface area contributed by atoms with Gasteiger partial charge < -0.3 is 14.4 Å². The summed E-state index contributed by atoms with van der Waals surface area (Å²) >= 11 is 0. The van der Waals surface area contributed by atoms with Gasteiger partial charge in [0.25, 0.3) is 5.91 Å². The number of amides is 1. The van der Waals surface area contributed by atoms with Gasteiger partial charge in [0.05, 0.1) is 6.20 Å². The number of aryl methyl sites for hydroxylation is 2. The average molecular weight is 342 g/mol. The minimum atomic E-state index is -0.0176. The van der Waals surface area contributed by atoms with Gasteiger partial charge in [-0.05, 0) is 26.0 Å². The third-order valence-electron chi connectivity index (χ3n) is 4.02. The molecule has 1 aliphatic rings. The van der Waals surface area contributed by atoms with Gasteiger partial charge in [0.2, 0.25) is 5.88 Å². The van der Waals surface area contributed by atoms with Crippen molar-refractivity contribution in [3.05, 3.63) is 42.1 Å². The lowest BCUT2D eigenvalue weighted by Crippen LogP contribution is -2.43. The molecule has 0 saturated carbocycles. The molecule has 3 heterocycles. The molecule has 0 unspecified atom stereocenters. The first-order valence-corrected chi connectivity index (χ1v) is 8.40. The number of hydrogen-bond donors (Lipinski definition) is 0. The molecule has 1 saturated heterocycles. The maximum Gasteiger partial charge on any atom is 0.260 e. The molecule has 7 nitrogen and oxygen atoms in total. The molecular formula is C18H22N4O3. The third kappa shape index (κ3) is 4.89. The third-order valence-corrected chi connectivity index (χ3v) is 4.02. The van der Waals surface area contributed by atoms with Crippen LogP contribution in [0.25, 0.3) is 0 Å². The first-order chi connectivity index (χ1) is 12.1. The van der Waals surface area contributed by atoms with Gasteiger partial charge in [-0.2, -0.15) is 4.98 Å². The number of carbonyl (C=O) groups excluding carboxylic acids is 1. The zero-order valence-corrected chi connectivity index (χ0v) is 14.5. The Morgan fingerprint density at radius 3 is 2.76 bits per heavy atom. The first kappa shape index (κ1) is 17.1. The lowest BCUT2D eigenvalue weighted by Gasteiger charge is -2.31. The van der Waals surface area contributed by atoms with Gasteiger partial charge in [0.1, 0.15) is 17.7 Å². The highest BCUT2D eigenvalue weighted by Crippen LogP contribution is 2.18. The van der Waals surface area contributed by atoms with E-state index < -0.39 is 0 Å². The molecule has 3 rings (SSSR count). The van der Waals surface area contributed by atoms with E-state index in [1.165, 1.54) is 0 Å². The normalized spacial score (nSPS) is 15.0. The molecule has 0 atom stereocenters. The second-order valence-electron chi connectivity index (χ2n) is 6.07. The van der Waals surface area contributed by atoms with Crippen LogP contribution in [0.15, 0.2) is 30.6 Å². The van der Waals surface area contributed by atoms with Crippen molar-refractivity contribution < 1.29 is 14.3 Å². The van der Waals surface area contributed by atoms with E-state index in [4.69, 9.17) is 9.47 Å². The Kier molecular flexibility index (Phi) is 5.42. The molecular weight excluding hydrogens is 320 g/mol. The Hall–Kier alpha value is -2.70. The van der Waals surface area contributed by atoms with Crippen molar-refractivity contribution in [3.63, 3.8) is 0 Å². The fraction of sp³-hybridized carbons (Fsp3) is 0.444. The largest absolute Gasteiger partial charge is 0.482 e. The number of rotatable bonds is 5. The smallest absolute Gasteiger partial charge is 0.260 e. The Morgan fingerprint density at radius 2 is 2.08 bits per heavy atom. The minimum absolute atomic E-state index is 0.0176. The van der Waals surface area contributed by atoms with Gasteiger partial charge in [-0.15, -0.1) is 0 Å².